The van der Waals surface area contributed by atoms with E-state index < -0.39 is 0 Å². The molecule has 0 heterocycles. The molecule has 0 unspecified atom stereocenters. The van der Waals surface area contributed by atoms with Crippen molar-refractivity contribution >= 4 is 21.7 Å². The van der Waals surface area contributed by atoms with Gasteiger partial charge in [-0.15, -0.1) is 0 Å². The van der Waals surface area contributed by atoms with Crippen LogP contribution in [0.5, 0.6) is 0 Å². The van der Waals surface area contributed by atoms with E-state index in [-0.39, 0.29) is 0 Å². The van der Waals surface area contributed by atoms with Gasteiger partial charge in [0.2, 0.25) is 0 Å². The number of Topliss-reactive ketones (excluding diaryl/α,β-unsaturated/α-hetero) is 1. The summed E-state index contributed by atoms with van der Waals surface area (Å²) >= 11 is 3.35. The van der Waals surface area contributed by atoms with Crippen molar-refractivity contribution in [3.63, 3.8) is 0 Å². The zero-order chi connectivity index (χ0) is 12.8. The first-order valence-corrected chi connectivity index (χ1v) is 7.31. The molecule has 0 bridgehead atoms. The Morgan fingerprint density at radius 2 is 1.71 bits per heavy atom. The zero-order valence-corrected chi connectivity index (χ0v) is 12.6. The van der Waals surface area contributed by atoms with Crippen LogP contribution in [-0.4, -0.2) is 11.1 Å². The summed E-state index contributed by atoms with van der Waals surface area (Å²) in [5.41, 5.74) is 5.28. The van der Waals surface area contributed by atoms with Crippen molar-refractivity contribution < 1.29 is 4.79 Å². The number of halogens is 1. The average molecular weight is 297 g/mol. The van der Waals surface area contributed by atoms with Gasteiger partial charge < -0.3 is 0 Å². The molecule has 0 spiro atoms. The number of carbonyl (C=O) groups excluding carboxylic acids is 1. The van der Waals surface area contributed by atoms with E-state index in [1.807, 2.05) is 0 Å². The topological polar surface area (TPSA) is 17.1 Å². The molecule has 0 saturated carbocycles. The van der Waals surface area contributed by atoms with E-state index in [9.17, 15) is 4.79 Å². The van der Waals surface area contributed by atoms with Crippen LogP contribution in [0.1, 0.15) is 41.5 Å². The first kappa shape index (κ1) is 14.4. The van der Waals surface area contributed by atoms with Gasteiger partial charge in [-0.1, -0.05) is 33.6 Å². The zero-order valence-electron chi connectivity index (χ0n) is 11.0. The van der Waals surface area contributed by atoms with Crippen molar-refractivity contribution in [3.05, 3.63) is 34.4 Å². The van der Waals surface area contributed by atoms with Gasteiger partial charge in [-0.25, -0.2) is 0 Å². The molecule has 1 aromatic carbocycles. The van der Waals surface area contributed by atoms with Crippen molar-refractivity contribution in [3.8, 4) is 0 Å². The first-order valence-electron chi connectivity index (χ1n) is 6.19. The van der Waals surface area contributed by atoms with Crippen LogP contribution in [0.4, 0.5) is 0 Å². The molecule has 0 N–H and O–H groups in total. The lowest BCUT2D eigenvalue weighted by molar-refractivity contribution is -0.119. The third kappa shape index (κ3) is 4.63. The summed E-state index contributed by atoms with van der Waals surface area (Å²) in [4.78, 5) is 11.6. The first-order chi connectivity index (χ1) is 8.04. The maximum atomic E-state index is 11.6. The normalized spacial score (nSPS) is 10.6. The molecule has 2 heteroatoms. The standard InChI is InChI=1S/C15H21BrO/c1-11-9-12(2)15(13(3)10-11)7-6-14(17)5-4-8-16/h9-10H,4-8H2,1-3H3. The second-order valence-corrected chi connectivity index (χ2v) is 5.50. The minimum atomic E-state index is 0.379. The predicted molar refractivity (Wildman–Crippen MR) is 77.0 cm³/mol. The Hall–Kier alpha value is -0.630. The Balaban J connectivity index is 2.60. The number of alkyl halides is 1. The van der Waals surface area contributed by atoms with Crippen LogP contribution < -0.4 is 0 Å². The lowest BCUT2D eigenvalue weighted by Gasteiger charge is -2.10. The molecule has 1 nitrogen and oxygen atoms in total. The predicted octanol–water partition coefficient (Wildman–Crippen LogP) is 4.29. The molecule has 94 valence electrons. The summed E-state index contributed by atoms with van der Waals surface area (Å²) < 4.78 is 0. The quantitative estimate of drug-likeness (QED) is 0.716. The largest absolute Gasteiger partial charge is 0.300 e. The van der Waals surface area contributed by atoms with Gasteiger partial charge in [-0.05, 0) is 50.3 Å². The molecule has 0 fully saturated rings. The fraction of sp³-hybridized carbons (Fsp3) is 0.533. The SMILES string of the molecule is Cc1cc(C)c(CCC(=O)CCCBr)c(C)c1. The maximum absolute atomic E-state index is 11.6. The maximum Gasteiger partial charge on any atom is 0.133 e. The second-order valence-electron chi connectivity index (χ2n) is 4.71. The number of hydrogen-bond acceptors (Lipinski definition) is 1. The van der Waals surface area contributed by atoms with Gasteiger partial charge in [-0.2, -0.15) is 0 Å². The summed E-state index contributed by atoms with van der Waals surface area (Å²) in [7, 11) is 0. The Kier molecular flexibility index (Phi) is 5.90. The summed E-state index contributed by atoms with van der Waals surface area (Å²) in [5, 5.41) is 0.918. The third-order valence-electron chi connectivity index (χ3n) is 3.08. The molecule has 0 aliphatic heterocycles. The van der Waals surface area contributed by atoms with Gasteiger partial charge in [-0.3, -0.25) is 4.79 Å². The number of aryl methyl sites for hydroxylation is 3. The van der Waals surface area contributed by atoms with E-state index in [0.29, 0.717) is 18.6 Å². The van der Waals surface area contributed by atoms with Gasteiger partial charge >= 0.3 is 0 Å². The fourth-order valence-corrected chi connectivity index (χ4v) is 2.54. The molecule has 17 heavy (non-hydrogen) atoms. The lowest BCUT2D eigenvalue weighted by atomic mass is 9.95. The molecule has 0 saturated heterocycles. The highest BCUT2D eigenvalue weighted by molar-refractivity contribution is 9.09. The minimum Gasteiger partial charge on any atom is -0.300 e. The van der Waals surface area contributed by atoms with Gasteiger partial charge in [0.05, 0.1) is 0 Å². The molecular formula is C15H21BrO. The summed E-state index contributed by atoms with van der Waals surface area (Å²) in [6, 6.07) is 4.40. The number of hydrogen-bond donors (Lipinski definition) is 0. The lowest BCUT2D eigenvalue weighted by Crippen LogP contribution is -2.03. The highest BCUT2D eigenvalue weighted by Crippen LogP contribution is 2.18. The Morgan fingerprint density at radius 1 is 1.12 bits per heavy atom. The van der Waals surface area contributed by atoms with E-state index in [4.69, 9.17) is 0 Å². The summed E-state index contributed by atoms with van der Waals surface area (Å²) in [6.45, 7) is 6.39. The van der Waals surface area contributed by atoms with Crippen molar-refractivity contribution in [1.29, 1.82) is 0 Å². The van der Waals surface area contributed by atoms with Crippen molar-refractivity contribution in [2.75, 3.05) is 5.33 Å². The molecule has 0 aliphatic rings. The molecule has 0 atom stereocenters. The summed E-state index contributed by atoms with van der Waals surface area (Å²) in [6.07, 6.45) is 3.22. The van der Waals surface area contributed by atoms with E-state index in [2.05, 4.69) is 48.8 Å². The number of rotatable bonds is 6. The smallest absolute Gasteiger partial charge is 0.133 e. The van der Waals surface area contributed by atoms with Gasteiger partial charge in [0.1, 0.15) is 5.78 Å². The van der Waals surface area contributed by atoms with Crippen LogP contribution in [0.15, 0.2) is 12.1 Å². The van der Waals surface area contributed by atoms with E-state index in [0.717, 1.165) is 18.2 Å². The van der Waals surface area contributed by atoms with E-state index in [1.54, 1.807) is 0 Å². The molecular weight excluding hydrogens is 276 g/mol. The Labute approximate surface area is 113 Å². The van der Waals surface area contributed by atoms with Crippen molar-refractivity contribution in [1.82, 2.24) is 0 Å². The molecule has 1 aromatic rings. The third-order valence-corrected chi connectivity index (χ3v) is 3.64. The van der Waals surface area contributed by atoms with Crippen LogP contribution in [-0.2, 0) is 11.2 Å². The highest BCUT2D eigenvalue weighted by Gasteiger charge is 2.07. The average Bonchev–Trinajstić information content (AvgIpc) is 2.24. The number of benzene rings is 1. The molecule has 0 radical (unpaired) electrons. The van der Waals surface area contributed by atoms with Gasteiger partial charge in [0, 0.05) is 18.2 Å². The summed E-state index contributed by atoms with van der Waals surface area (Å²) in [5.74, 6) is 0.379. The van der Waals surface area contributed by atoms with Crippen LogP contribution in [0.25, 0.3) is 0 Å². The van der Waals surface area contributed by atoms with Gasteiger partial charge in [0.25, 0.3) is 0 Å². The fourth-order valence-electron chi connectivity index (χ4n) is 2.26. The van der Waals surface area contributed by atoms with Crippen LogP contribution in [0, 0.1) is 20.8 Å². The Bertz CT molecular complexity index is 373. The Morgan fingerprint density at radius 3 is 2.24 bits per heavy atom. The molecule has 1 rings (SSSR count). The van der Waals surface area contributed by atoms with E-state index in [1.165, 1.54) is 22.3 Å². The molecule has 0 aliphatic carbocycles. The van der Waals surface area contributed by atoms with Crippen LogP contribution in [0.3, 0.4) is 0 Å². The molecule has 0 amide bonds. The van der Waals surface area contributed by atoms with E-state index >= 15 is 0 Å². The van der Waals surface area contributed by atoms with Crippen molar-refractivity contribution in [2.24, 2.45) is 0 Å². The second kappa shape index (κ2) is 6.95. The van der Waals surface area contributed by atoms with Crippen LogP contribution in [0.2, 0.25) is 0 Å². The monoisotopic (exact) mass is 296 g/mol. The van der Waals surface area contributed by atoms with Crippen molar-refractivity contribution in [2.45, 2.75) is 46.5 Å². The highest BCUT2D eigenvalue weighted by atomic mass is 79.9. The van der Waals surface area contributed by atoms with Crippen LogP contribution >= 0.6 is 15.9 Å². The van der Waals surface area contributed by atoms with Gasteiger partial charge in [0.15, 0.2) is 0 Å². The minimum absolute atomic E-state index is 0.379. The number of carbonyl (C=O) groups is 1. The number of ketones is 1. The molecule has 0 aromatic heterocycles.